The summed E-state index contributed by atoms with van der Waals surface area (Å²) in [5.41, 5.74) is 1.80. The number of esters is 1. The van der Waals surface area contributed by atoms with Crippen LogP contribution in [0.15, 0.2) is 51.6 Å². The second-order valence-electron chi connectivity index (χ2n) is 6.13. The molecule has 0 aliphatic heterocycles. The fourth-order valence-electron chi connectivity index (χ4n) is 2.24. The van der Waals surface area contributed by atoms with Gasteiger partial charge in [-0.15, -0.1) is 21.5 Å². The van der Waals surface area contributed by atoms with E-state index < -0.39 is 28.6 Å². The van der Waals surface area contributed by atoms with Gasteiger partial charge in [-0.1, -0.05) is 35.9 Å². The highest BCUT2D eigenvalue weighted by Crippen LogP contribution is 2.25. The third-order valence-electron chi connectivity index (χ3n) is 3.76. The molecule has 1 N–H and O–H groups in total. The Balaban J connectivity index is 1.51. The van der Waals surface area contributed by atoms with Crippen LogP contribution in [0.2, 0.25) is 0 Å². The molecule has 152 valence electrons. The number of ether oxygens (including phenoxy) is 1. The molecule has 3 rings (SSSR count). The van der Waals surface area contributed by atoms with E-state index >= 15 is 0 Å². The van der Waals surface area contributed by atoms with Gasteiger partial charge >= 0.3 is 5.97 Å². The van der Waals surface area contributed by atoms with Crippen LogP contribution in [0, 0.1) is 6.92 Å². The van der Waals surface area contributed by atoms with Crippen LogP contribution in [0.3, 0.4) is 0 Å². The smallest absolute Gasteiger partial charge is 0.321 e. The number of hydrogen-bond acceptors (Lipinski definition) is 8. The molecule has 0 saturated carbocycles. The van der Waals surface area contributed by atoms with Crippen molar-refractivity contribution in [3.05, 3.63) is 64.2 Å². The predicted octanol–water partition coefficient (Wildman–Crippen LogP) is 3.30. The molecule has 8 nitrogen and oxygen atoms in total. The van der Waals surface area contributed by atoms with Crippen molar-refractivity contribution < 1.29 is 22.4 Å². The Kier molecular flexibility index (Phi) is 6.57. The van der Waals surface area contributed by atoms with Crippen LogP contribution in [0.4, 0.5) is 0 Å². The Hall–Kier alpha value is -2.82. The highest BCUT2D eigenvalue weighted by Gasteiger charge is 2.20. The van der Waals surface area contributed by atoms with Crippen LogP contribution in [-0.4, -0.2) is 31.1 Å². The lowest BCUT2D eigenvalue weighted by atomic mass is 10.2. The van der Waals surface area contributed by atoms with Gasteiger partial charge in [0.25, 0.3) is 11.8 Å². The van der Waals surface area contributed by atoms with Gasteiger partial charge in [0.1, 0.15) is 6.54 Å². The van der Waals surface area contributed by atoms with Gasteiger partial charge in [0.05, 0.1) is 4.88 Å². The first kappa shape index (κ1) is 20.9. The maximum absolute atomic E-state index is 12.0. The van der Waals surface area contributed by atoms with Crippen LogP contribution in [0.25, 0.3) is 16.8 Å². The normalized spacial score (nSPS) is 12.9. The molecule has 0 radical (unpaired) electrons. The van der Waals surface area contributed by atoms with Crippen LogP contribution < -0.4 is 4.72 Å². The minimum absolute atomic E-state index is 0.129. The fourth-order valence-corrected chi connectivity index (χ4v) is 3.64. The van der Waals surface area contributed by atoms with Gasteiger partial charge in [-0.05, 0) is 36.9 Å². The highest BCUT2D eigenvalue weighted by molar-refractivity contribution is 7.92. The first-order chi connectivity index (χ1) is 13.8. The summed E-state index contributed by atoms with van der Waals surface area (Å²) in [6, 6.07) is 11.0. The van der Waals surface area contributed by atoms with E-state index in [1.165, 1.54) is 17.4 Å². The molecule has 10 heteroatoms. The summed E-state index contributed by atoms with van der Waals surface area (Å²) in [6.45, 7) is 2.99. The Morgan fingerprint density at radius 2 is 2.03 bits per heavy atom. The Morgan fingerprint density at radius 3 is 2.72 bits per heavy atom. The van der Waals surface area contributed by atoms with E-state index in [1.807, 2.05) is 36.6 Å². The Labute approximate surface area is 172 Å². The molecule has 1 unspecified atom stereocenters. The number of benzene rings is 1. The molecular formula is C19H19N3O5S2. The van der Waals surface area contributed by atoms with Crippen molar-refractivity contribution in [3.8, 4) is 10.8 Å². The molecule has 2 aromatic heterocycles. The van der Waals surface area contributed by atoms with Gasteiger partial charge < -0.3 is 9.15 Å². The number of hydrogen-bond donors (Lipinski definition) is 1. The summed E-state index contributed by atoms with van der Waals surface area (Å²) >= 11 is 1.44. The maximum atomic E-state index is 12.0. The number of aryl methyl sites for hydroxylation is 1. The molecule has 2 heterocycles. The monoisotopic (exact) mass is 433 g/mol. The van der Waals surface area contributed by atoms with E-state index in [4.69, 9.17) is 9.15 Å². The number of sulfonamides is 1. The van der Waals surface area contributed by atoms with E-state index in [-0.39, 0.29) is 5.89 Å². The summed E-state index contributed by atoms with van der Waals surface area (Å²) in [5, 5.41) is 10.7. The molecule has 0 aliphatic rings. The highest BCUT2D eigenvalue weighted by atomic mass is 32.2. The van der Waals surface area contributed by atoms with Crippen molar-refractivity contribution in [1.29, 1.82) is 0 Å². The topological polar surface area (TPSA) is 111 Å². The van der Waals surface area contributed by atoms with E-state index in [1.54, 1.807) is 19.1 Å². The summed E-state index contributed by atoms with van der Waals surface area (Å²) in [7, 11) is -3.79. The van der Waals surface area contributed by atoms with E-state index in [9.17, 15) is 13.2 Å². The summed E-state index contributed by atoms with van der Waals surface area (Å²) in [4.78, 5) is 12.8. The second-order valence-corrected chi connectivity index (χ2v) is 8.73. The molecule has 0 aliphatic carbocycles. The minimum atomic E-state index is -3.79. The number of carbonyl (C=O) groups excluding carboxylic acids is 1. The molecule has 3 aromatic rings. The molecule has 0 bridgehead atoms. The van der Waals surface area contributed by atoms with Crippen LogP contribution in [-0.2, 0) is 19.6 Å². The number of rotatable bonds is 8. The average Bonchev–Trinajstić information content (AvgIpc) is 3.37. The molecule has 1 aromatic carbocycles. The number of aromatic nitrogens is 2. The zero-order valence-electron chi connectivity index (χ0n) is 15.7. The molecule has 1 atom stereocenters. The van der Waals surface area contributed by atoms with Crippen molar-refractivity contribution in [2.45, 2.75) is 20.0 Å². The number of nitrogens with zero attached hydrogens (tertiary/aromatic N) is 2. The zero-order valence-corrected chi connectivity index (χ0v) is 17.4. The SMILES string of the molecule is Cc1ccc(C=CS(=O)(=O)NCC(=O)OC(C)c2nnc(-c3cccs3)o2)cc1. The van der Waals surface area contributed by atoms with Crippen LogP contribution in [0.5, 0.6) is 0 Å². The lowest BCUT2D eigenvalue weighted by Gasteiger charge is -2.09. The maximum Gasteiger partial charge on any atom is 0.321 e. The quantitative estimate of drug-likeness (QED) is 0.543. The predicted molar refractivity (Wildman–Crippen MR) is 109 cm³/mol. The number of nitrogens with one attached hydrogen (secondary N) is 1. The fraction of sp³-hybridized carbons (Fsp3) is 0.211. The Bertz CT molecular complexity index is 1090. The summed E-state index contributed by atoms with van der Waals surface area (Å²) < 4.78 is 36.9. The minimum Gasteiger partial charge on any atom is -0.452 e. The molecule has 0 spiro atoms. The summed E-state index contributed by atoms with van der Waals surface area (Å²) in [6.07, 6.45) is 0.636. The van der Waals surface area contributed by atoms with E-state index in [0.717, 1.165) is 21.4 Å². The van der Waals surface area contributed by atoms with Crippen molar-refractivity contribution in [2.75, 3.05) is 6.54 Å². The third kappa shape index (κ3) is 6.08. The van der Waals surface area contributed by atoms with Gasteiger partial charge in [0.15, 0.2) is 6.10 Å². The molecular weight excluding hydrogens is 414 g/mol. The van der Waals surface area contributed by atoms with E-state index in [2.05, 4.69) is 14.9 Å². The van der Waals surface area contributed by atoms with Gasteiger partial charge in [-0.3, -0.25) is 4.79 Å². The van der Waals surface area contributed by atoms with Crippen LogP contribution >= 0.6 is 11.3 Å². The standard InChI is InChI=1S/C19H19N3O5S2/c1-13-5-7-15(8-6-13)9-11-29(24,25)20-12-17(23)26-14(2)18-21-22-19(27-18)16-4-3-10-28-16/h3-11,14,20H,12H2,1-2H3. The number of thiophene rings is 1. The first-order valence-corrected chi connectivity index (χ1v) is 11.1. The molecule has 0 fully saturated rings. The van der Waals surface area contributed by atoms with Crippen LogP contribution in [0.1, 0.15) is 30.0 Å². The number of carbonyl (C=O) groups is 1. The van der Waals surface area contributed by atoms with Crippen molar-refractivity contribution >= 4 is 33.4 Å². The largest absolute Gasteiger partial charge is 0.452 e. The lowest BCUT2D eigenvalue weighted by Crippen LogP contribution is -2.29. The Morgan fingerprint density at radius 1 is 1.28 bits per heavy atom. The van der Waals surface area contributed by atoms with Gasteiger partial charge in [0, 0.05) is 5.41 Å². The average molecular weight is 434 g/mol. The van der Waals surface area contributed by atoms with Crippen molar-refractivity contribution in [3.63, 3.8) is 0 Å². The van der Waals surface area contributed by atoms with Gasteiger partial charge in [-0.25, -0.2) is 13.1 Å². The van der Waals surface area contributed by atoms with Crippen molar-refractivity contribution in [2.24, 2.45) is 0 Å². The molecule has 0 saturated heterocycles. The molecule has 29 heavy (non-hydrogen) atoms. The van der Waals surface area contributed by atoms with Crippen molar-refractivity contribution in [1.82, 2.24) is 14.9 Å². The zero-order chi connectivity index (χ0) is 20.9. The summed E-state index contributed by atoms with van der Waals surface area (Å²) in [5.74, 6) is -0.301. The lowest BCUT2D eigenvalue weighted by molar-refractivity contribution is -0.148. The van der Waals surface area contributed by atoms with Gasteiger partial charge in [-0.2, -0.15) is 0 Å². The van der Waals surface area contributed by atoms with Gasteiger partial charge in [0.2, 0.25) is 10.0 Å². The third-order valence-corrected chi connectivity index (χ3v) is 5.66. The molecule has 0 amide bonds. The van der Waals surface area contributed by atoms with E-state index in [0.29, 0.717) is 5.89 Å². The first-order valence-electron chi connectivity index (χ1n) is 8.63. The second kappa shape index (κ2) is 9.12.